The molecule has 3 heteroatoms. The molecule has 3 nitrogen and oxygen atoms in total. The van der Waals surface area contributed by atoms with E-state index in [9.17, 15) is 9.59 Å². The van der Waals surface area contributed by atoms with Crippen molar-refractivity contribution >= 4 is 12.6 Å². The molecule has 0 aliphatic rings. The van der Waals surface area contributed by atoms with E-state index in [0.717, 1.165) is 49.4 Å². The van der Waals surface area contributed by atoms with Gasteiger partial charge >= 0.3 is 0 Å². The second-order valence-electron chi connectivity index (χ2n) is 5.94. The van der Waals surface area contributed by atoms with E-state index in [4.69, 9.17) is 0 Å². The van der Waals surface area contributed by atoms with Crippen LogP contribution in [0, 0.1) is 0 Å². The fourth-order valence-electron chi connectivity index (χ4n) is 1.58. The molecule has 0 saturated carbocycles. The Kier molecular flexibility index (Phi) is 20.8. The average Bonchev–Trinajstić information content (AvgIpc) is 2.39. The van der Waals surface area contributed by atoms with Gasteiger partial charge in [-0.25, -0.2) is 0 Å². The third kappa shape index (κ3) is 25.6. The molecular formula is C20H35NO2. The van der Waals surface area contributed by atoms with Crippen LogP contribution in [0.1, 0.15) is 67.2 Å². The molecule has 0 radical (unpaired) electrons. The van der Waals surface area contributed by atoms with Crippen molar-refractivity contribution in [3.63, 3.8) is 0 Å². The first-order valence-corrected chi connectivity index (χ1v) is 7.82. The van der Waals surface area contributed by atoms with E-state index in [1.54, 1.807) is 12.2 Å². The van der Waals surface area contributed by atoms with Gasteiger partial charge in [-0.05, 0) is 79.4 Å². The Morgan fingerprint density at radius 2 is 0.957 bits per heavy atom. The first-order valence-electron chi connectivity index (χ1n) is 7.82. The number of carbonyl (C=O) groups excluding carboxylic acids is 2. The second kappa shape index (κ2) is 18.3. The van der Waals surface area contributed by atoms with Crippen LogP contribution in [-0.4, -0.2) is 12.6 Å². The molecule has 0 bridgehead atoms. The maximum atomic E-state index is 10.0. The molecular weight excluding hydrogens is 286 g/mol. The second-order valence-corrected chi connectivity index (χ2v) is 5.94. The topological polar surface area (TPSA) is 69.1 Å². The molecule has 0 saturated heterocycles. The summed E-state index contributed by atoms with van der Waals surface area (Å²) in [5.74, 6) is 0. The van der Waals surface area contributed by atoms with Crippen molar-refractivity contribution in [3.8, 4) is 0 Å². The fourth-order valence-corrected chi connectivity index (χ4v) is 1.58. The average molecular weight is 322 g/mol. The lowest BCUT2D eigenvalue weighted by atomic mass is 10.1. The molecule has 0 heterocycles. The van der Waals surface area contributed by atoms with Gasteiger partial charge in [0, 0.05) is 0 Å². The summed E-state index contributed by atoms with van der Waals surface area (Å²) in [6, 6.07) is 0. The number of allylic oxidation sites excluding steroid dienone is 8. The summed E-state index contributed by atoms with van der Waals surface area (Å²) < 4.78 is 0. The maximum Gasteiger partial charge on any atom is 0.142 e. The summed E-state index contributed by atoms with van der Waals surface area (Å²) >= 11 is 0. The summed E-state index contributed by atoms with van der Waals surface area (Å²) in [5.41, 5.74) is 4.97. The molecule has 0 aliphatic carbocycles. The van der Waals surface area contributed by atoms with Crippen molar-refractivity contribution in [2.45, 2.75) is 67.2 Å². The Morgan fingerprint density at radius 3 is 1.17 bits per heavy atom. The van der Waals surface area contributed by atoms with Crippen molar-refractivity contribution in [1.82, 2.24) is 6.15 Å². The molecule has 23 heavy (non-hydrogen) atoms. The first kappa shape index (κ1) is 26.2. The summed E-state index contributed by atoms with van der Waals surface area (Å²) in [5, 5.41) is 0. The minimum Gasteiger partial charge on any atom is -0.344 e. The summed E-state index contributed by atoms with van der Waals surface area (Å²) in [7, 11) is 0. The molecule has 0 aromatic heterocycles. The molecule has 0 aromatic carbocycles. The van der Waals surface area contributed by atoms with Gasteiger partial charge in [-0.15, -0.1) is 0 Å². The van der Waals surface area contributed by atoms with Crippen LogP contribution < -0.4 is 6.15 Å². The lowest BCUT2D eigenvalue weighted by Crippen LogP contribution is -1.77. The number of rotatable bonds is 8. The smallest absolute Gasteiger partial charge is 0.142 e. The molecule has 3 N–H and O–H groups in total. The van der Waals surface area contributed by atoms with Gasteiger partial charge in [0.05, 0.1) is 0 Å². The molecule has 0 spiro atoms. The quantitative estimate of drug-likeness (QED) is 0.343. The Morgan fingerprint density at radius 1 is 0.652 bits per heavy atom. The number of aldehydes is 2. The van der Waals surface area contributed by atoms with E-state index in [1.165, 1.54) is 11.1 Å². The van der Waals surface area contributed by atoms with E-state index < -0.39 is 0 Å². The van der Waals surface area contributed by atoms with Crippen molar-refractivity contribution in [3.05, 3.63) is 46.6 Å². The molecule has 0 aliphatic heterocycles. The van der Waals surface area contributed by atoms with E-state index in [2.05, 4.69) is 39.8 Å². The zero-order valence-electron chi connectivity index (χ0n) is 15.8. The molecule has 0 fully saturated rings. The largest absolute Gasteiger partial charge is 0.344 e. The van der Waals surface area contributed by atoms with Crippen molar-refractivity contribution in [2.75, 3.05) is 0 Å². The first-order chi connectivity index (χ1) is 10.3. The molecule has 0 aromatic rings. The zero-order chi connectivity index (χ0) is 17.4. The molecule has 0 rings (SSSR count). The van der Waals surface area contributed by atoms with Crippen LogP contribution in [0.15, 0.2) is 46.6 Å². The highest BCUT2D eigenvalue weighted by Crippen LogP contribution is 2.05. The van der Waals surface area contributed by atoms with Gasteiger partial charge in [-0.1, -0.05) is 34.4 Å². The van der Waals surface area contributed by atoms with E-state index in [1.807, 2.05) is 13.8 Å². The normalized spacial score (nSPS) is 10.5. The van der Waals surface area contributed by atoms with Crippen LogP contribution in [-0.2, 0) is 9.59 Å². The van der Waals surface area contributed by atoms with Gasteiger partial charge in [0.15, 0.2) is 0 Å². The van der Waals surface area contributed by atoms with Crippen LogP contribution in [0.2, 0.25) is 0 Å². The Hall–Kier alpha value is -1.74. The van der Waals surface area contributed by atoms with Crippen molar-refractivity contribution < 1.29 is 9.59 Å². The lowest BCUT2D eigenvalue weighted by molar-refractivity contribution is -0.104. The monoisotopic (exact) mass is 321 g/mol. The summed E-state index contributed by atoms with van der Waals surface area (Å²) in [6.45, 7) is 12.3. The van der Waals surface area contributed by atoms with Gasteiger partial charge in [0.1, 0.15) is 12.6 Å². The van der Waals surface area contributed by atoms with Crippen molar-refractivity contribution in [2.24, 2.45) is 0 Å². The standard InChI is InChI=1S/2C10H16O.H3N/c2*1-9(2)5-4-6-10(3)7-8-11;/h2*5,7-8H,4,6H2,1-3H3;1H3/b2*10-7-;. The summed E-state index contributed by atoms with van der Waals surface area (Å²) in [4.78, 5) is 20.0. The highest BCUT2D eigenvalue weighted by atomic mass is 16.1. The number of hydrogen-bond donors (Lipinski definition) is 1. The van der Waals surface area contributed by atoms with Gasteiger partial charge in [0.2, 0.25) is 0 Å². The number of hydrogen-bond acceptors (Lipinski definition) is 3. The molecule has 0 unspecified atom stereocenters. The third-order valence-corrected chi connectivity index (χ3v) is 2.89. The van der Waals surface area contributed by atoms with Crippen LogP contribution >= 0.6 is 0 Å². The van der Waals surface area contributed by atoms with Crippen LogP contribution in [0.25, 0.3) is 0 Å². The minimum atomic E-state index is 0. The van der Waals surface area contributed by atoms with Gasteiger partial charge < -0.3 is 6.15 Å². The van der Waals surface area contributed by atoms with Crippen LogP contribution in [0.4, 0.5) is 0 Å². The Labute approximate surface area is 142 Å². The van der Waals surface area contributed by atoms with Crippen LogP contribution in [0.5, 0.6) is 0 Å². The van der Waals surface area contributed by atoms with Gasteiger partial charge in [-0.2, -0.15) is 0 Å². The zero-order valence-corrected chi connectivity index (χ0v) is 15.8. The van der Waals surface area contributed by atoms with Gasteiger partial charge in [0.25, 0.3) is 0 Å². The molecule has 0 atom stereocenters. The lowest BCUT2D eigenvalue weighted by Gasteiger charge is -1.94. The van der Waals surface area contributed by atoms with E-state index >= 15 is 0 Å². The predicted molar refractivity (Wildman–Crippen MR) is 102 cm³/mol. The number of carbonyl (C=O) groups is 2. The predicted octanol–water partition coefficient (Wildman–Crippen LogP) is 5.92. The maximum absolute atomic E-state index is 10.0. The van der Waals surface area contributed by atoms with E-state index in [-0.39, 0.29) is 6.15 Å². The Balaban J connectivity index is -0.000000333. The van der Waals surface area contributed by atoms with Crippen molar-refractivity contribution in [1.29, 1.82) is 0 Å². The minimum absolute atomic E-state index is 0. The highest BCUT2D eigenvalue weighted by molar-refractivity contribution is 5.66. The molecule has 0 amide bonds. The Bertz CT molecular complexity index is 391. The molecule has 132 valence electrons. The SMILES string of the molecule is CC(C)=CCC/C(C)=C\C=O.CC(C)=CCC/C(C)=C\C=O.N. The van der Waals surface area contributed by atoms with Gasteiger partial charge in [-0.3, -0.25) is 9.59 Å². The fraction of sp³-hybridized carbons (Fsp3) is 0.500. The third-order valence-electron chi connectivity index (χ3n) is 2.89. The van der Waals surface area contributed by atoms with Crippen LogP contribution in [0.3, 0.4) is 0 Å². The van der Waals surface area contributed by atoms with E-state index in [0.29, 0.717) is 0 Å². The summed E-state index contributed by atoms with van der Waals surface area (Å²) in [6.07, 6.45) is 13.4. The highest BCUT2D eigenvalue weighted by Gasteiger charge is 1.87.